The first-order valence-electron chi connectivity index (χ1n) is 25.8. The lowest BCUT2D eigenvalue weighted by Gasteiger charge is -2.19. The molecule has 0 aliphatic heterocycles. The van der Waals surface area contributed by atoms with Gasteiger partial charge in [0.05, 0.1) is 117 Å². The molecule has 0 aromatic carbocycles. The van der Waals surface area contributed by atoms with E-state index in [2.05, 4.69) is 171 Å². The van der Waals surface area contributed by atoms with Crippen molar-refractivity contribution in [2.45, 2.75) is 26.4 Å². The molecule has 468 valence electrons. The van der Waals surface area contributed by atoms with Crippen molar-refractivity contribution in [2.24, 2.45) is 21.1 Å². The molecule has 14 rings (SSSR count). The number of nitrogens with one attached hydrogen (secondary N) is 5. The molecule has 0 fully saturated rings. The van der Waals surface area contributed by atoms with Gasteiger partial charge in [-0.3, -0.25) is 49.9 Å². The Labute approximate surface area is 556 Å². The normalized spacial score (nSPS) is 10.8. The van der Waals surface area contributed by atoms with Gasteiger partial charge in [0.15, 0.2) is 5.15 Å². The topological polar surface area (TPSA) is 371 Å². The van der Waals surface area contributed by atoms with Crippen LogP contribution < -0.4 is 34.7 Å². The molecular weight excluding hydrogens is 1520 g/mol. The highest BCUT2D eigenvalue weighted by atomic mass is 79.9. The van der Waals surface area contributed by atoms with Crippen LogP contribution in [0, 0.1) is 0 Å². The first-order valence-corrected chi connectivity index (χ1v) is 30.2. The minimum Gasteiger partial charge on any atom is -0.479 e. The monoisotopic (exact) mass is 1570 g/mol. The van der Waals surface area contributed by atoms with Crippen molar-refractivity contribution in [1.82, 2.24) is 100 Å². The molecule has 0 aliphatic carbocycles. The molecular formula is C54H54Br5ClN23O7+. The zero-order chi connectivity index (χ0) is 65.0. The summed E-state index contributed by atoms with van der Waals surface area (Å²) in [6.45, 7) is 5.41. The fraction of sp³-hybridized carbons (Fsp3) is 0.204. The molecule has 14 aromatic rings. The van der Waals surface area contributed by atoms with Crippen LogP contribution >= 0.6 is 91.3 Å². The molecule has 1 amide bonds. The van der Waals surface area contributed by atoms with Crippen LogP contribution in [0.5, 0.6) is 23.5 Å². The van der Waals surface area contributed by atoms with E-state index in [9.17, 15) is 4.79 Å². The average molecular weight is 1570 g/mol. The number of pyridine rings is 7. The lowest BCUT2D eigenvalue weighted by Crippen LogP contribution is -2.28. The maximum Gasteiger partial charge on any atom is 0.412 e. The van der Waals surface area contributed by atoms with Crippen LogP contribution in [0.2, 0.25) is 5.15 Å². The SMILES string of the molecule is Brc1cncc2[nH]ncc12.COc1ncc(Br)c2cn[nH]c12.COc1ncc(Br)c2cnn(C)c12.COc1ncc(N)c2cnn(C)c12.COc1ncc(NC(=O)OC(C)(C)C)c2cnn(C)c12.Clc1ncc(Br)c2cn[nH]c12.O[n+]1cc(Br)c2cn[nH]c2c1. The standard InChI is InChI=1S/C13H18N4O3.C8H8BrN3O.C8H10N4O.C7H6BrN3O.C6H3BrClN3.C6H4BrN3O.C6H4BrN3/c1-13(2,3)20-12(18)16-9-7-14-11(19-5)10-8(9)6-15-17(10)4;2*1-12-7-5(3-11-12)6(9)4-10-8(7)13-2;1-12-7-6-4(2-10-11-6)5(8)3-9-7;7-4-2-9-6(8)5-3(4)1-10-11-5;7-5-2-10(11)3-6-4(5)1-8-9-6;7-5-2-8-3-6-4(5)1-9-10-6/h6-7H,1-5H3,(H,16,18);3-4H,1-2H3;3-4H,9H2,1-2H3;2-3H,1H3,(H,10,11);1-2H,(H,10,11);1-3,11H;1-3H,(H,9,10)/p+1. The highest BCUT2D eigenvalue weighted by Gasteiger charge is 2.20. The summed E-state index contributed by atoms with van der Waals surface area (Å²) in [5.41, 5.74) is 12.1. The largest absolute Gasteiger partial charge is 0.479 e. The lowest BCUT2D eigenvalue weighted by molar-refractivity contribution is -0.904. The van der Waals surface area contributed by atoms with Crippen molar-refractivity contribution in [2.75, 3.05) is 39.5 Å². The van der Waals surface area contributed by atoms with Gasteiger partial charge in [-0.1, -0.05) is 11.6 Å². The third-order valence-electron chi connectivity index (χ3n) is 12.2. The van der Waals surface area contributed by atoms with E-state index in [0.29, 0.717) is 45.6 Å². The number of rotatable bonds is 5. The number of carbonyl (C=O) groups is 1. The molecule has 0 atom stereocenters. The molecule has 0 bridgehead atoms. The summed E-state index contributed by atoms with van der Waals surface area (Å²) in [6.07, 6.45) is 26.2. The molecule has 90 heavy (non-hydrogen) atoms. The molecule has 14 aromatic heterocycles. The smallest absolute Gasteiger partial charge is 0.412 e. The Kier molecular flexibility index (Phi) is 22.4. The third-order valence-corrected chi connectivity index (χ3v) is 15.6. The summed E-state index contributed by atoms with van der Waals surface area (Å²) in [6, 6.07) is 0. The average Bonchev–Trinajstić information content (AvgIpc) is 3.86. The Bertz CT molecular complexity index is 4650. The quantitative estimate of drug-likeness (QED) is 0.0478. The summed E-state index contributed by atoms with van der Waals surface area (Å²) < 4.78 is 36.2. The first kappa shape index (κ1) is 67.0. The van der Waals surface area contributed by atoms with Crippen molar-refractivity contribution >= 4 is 185 Å². The number of carbonyl (C=O) groups excluding carboxylic acids is 1. The first-order chi connectivity index (χ1) is 43.0. The molecule has 8 N–H and O–H groups in total. The summed E-state index contributed by atoms with van der Waals surface area (Å²) in [4.78, 5) is 36.1. The zero-order valence-electron chi connectivity index (χ0n) is 49.1. The molecule has 0 aliphatic rings. The van der Waals surface area contributed by atoms with Gasteiger partial charge in [-0.25, -0.2) is 29.7 Å². The number of nitrogens with zero attached hydrogens (tertiary/aromatic N) is 17. The molecule has 0 unspecified atom stereocenters. The van der Waals surface area contributed by atoms with Crippen LogP contribution in [0.25, 0.3) is 76.3 Å². The van der Waals surface area contributed by atoms with Crippen LogP contribution in [0.1, 0.15) is 20.8 Å². The summed E-state index contributed by atoms with van der Waals surface area (Å²) >= 11 is 22.5. The fourth-order valence-corrected chi connectivity index (χ4v) is 10.4. The van der Waals surface area contributed by atoms with E-state index in [0.717, 1.165) is 97.9 Å². The molecule has 14 heterocycles. The van der Waals surface area contributed by atoms with Gasteiger partial charge in [-0.05, 0) is 100 Å². The molecule has 0 saturated heterocycles. The van der Waals surface area contributed by atoms with Crippen LogP contribution in [0.3, 0.4) is 0 Å². The number of nitrogens with two attached hydrogens (primary N) is 1. The number of aromatic amines is 4. The van der Waals surface area contributed by atoms with E-state index < -0.39 is 11.7 Å². The van der Waals surface area contributed by atoms with Gasteiger partial charge in [-0.2, -0.15) is 35.7 Å². The maximum absolute atomic E-state index is 11.8. The van der Waals surface area contributed by atoms with Crippen molar-refractivity contribution in [3.8, 4) is 23.5 Å². The summed E-state index contributed by atoms with van der Waals surface area (Å²) in [5, 5.41) is 57.7. The van der Waals surface area contributed by atoms with Crippen LogP contribution in [-0.4, -0.2) is 145 Å². The molecule has 0 radical (unpaired) electrons. The van der Waals surface area contributed by atoms with Crippen molar-refractivity contribution < 1.29 is 38.4 Å². The van der Waals surface area contributed by atoms with Crippen LogP contribution in [-0.2, 0) is 25.9 Å². The molecule has 0 saturated carbocycles. The lowest BCUT2D eigenvalue weighted by atomic mass is 10.2. The highest BCUT2D eigenvalue weighted by molar-refractivity contribution is 9.11. The van der Waals surface area contributed by atoms with E-state index in [1.54, 1.807) is 156 Å². The van der Waals surface area contributed by atoms with Crippen LogP contribution in [0.4, 0.5) is 16.2 Å². The van der Waals surface area contributed by atoms with Crippen molar-refractivity contribution in [1.29, 1.82) is 0 Å². The second-order valence-corrected chi connectivity index (χ2v) is 23.8. The van der Waals surface area contributed by atoms with Gasteiger partial charge < -0.3 is 29.4 Å². The number of methoxy groups -OCH3 is 4. The number of hydrogen-bond donors (Lipinski definition) is 7. The number of nitrogen functional groups attached to an aromatic ring is 1. The van der Waals surface area contributed by atoms with Crippen LogP contribution in [0.15, 0.2) is 122 Å². The van der Waals surface area contributed by atoms with E-state index in [4.69, 9.17) is 46.2 Å². The number of anilines is 2. The van der Waals surface area contributed by atoms with Gasteiger partial charge in [0.1, 0.15) is 38.7 Å². The van der Waals surface area contributed by atoms with E-state index >= 15 is 0 Å². The summed E-state index contributed by atoms with van der Waals surface area (Å²) in [7, 11) is 11.8. The van der Waals surface area contributed by atoms with Gasteiger partial charge >= 0.3 is 6.09 Å². The van der Waals surface area contributed by atoms with E-state index in [-0.39, 0.29) is 0 Å². The minimum absolute atomic E-state index is 0.445. The second kappa shape index (κ2) is 30.1. The Morgan fingerprint density at radius 3 is 1.54 bits per heavy atom. The second-order valence-electron chi connectivity index (χ2n) is 19.2. The molecule has 36 heteroatoms. The number of halogens is 6. The third kappa shape index (κ3) is 15.9. The minimum atomic E-state index is -0.558. The van der Waals surface area contributed by atoms with Gasteiger partial charge in [0.25, 0.3) is 0 Å². The number of amides is 1. The Morgan fingerprint density at radius 2 is 0.967 bits per heavy atom. The van der Waals surface area contributed by atoms with Gasteiger partial charge in [-0.15, -0.1) is 0 Å². The number of fused-ring (bicyclic) bond motifs is 7. The van der Waals surface area contributed by atoms with Crippen molar-refractivity contribution in [3.05, 3.63) is 127 Å². The number of aryl methyl sites for hydroxylation is 3. The predicted octanol–water partition coefficient (Wildman–Crippen LogP) is 11.3. The molecule has 30 nitrogen and oxygen atoms in total. The summed E-state index contributed by atoms with van der Waals surface area (Å²) in [5.74, 6) is 2.16. The van der Waals surface area contributed by atoms with Gasteiger partial charge in [0.2, 0.25) is 35.9 Å². The Hall–Kier alpha value is -8.90. The zero-order valence-corrected chi connectivity index (χ0v) is 57.8. The maximum atomic E-state index is 11.8. The van der Waals surface area contributed by atoms with Crippen molar-refractivity contribution in [3.63, 3.8) is 0 Å². The molecule has 0 spiro atoms. The highest BCUT2D eigenvalue weighted by Crippen LogP contribution is 2.32. The Balaban J connectivity index is 0.000000137. The number of aromatic nitrogens is 21. The number of H-pyrrole nitrogens is 4. The predicted molar refractivity (Wildman–Crippen MR) is 355 cm³/mol. The van der Waals surface area contributed by atoms with E-state index in [1.165, 1.54) is 13.3 Å². The van der Waals surface area contributed by atoms with E-state index in [1.807, 2.05) is 14.1 Å². The Morgan fingerprint density at radius 1 is 0.522 bits per heavy atom. The number of ether oxygens (including phenoxy) is 5. The fourth-order valence-electron chi connectivity index (χ4n) is 8.05. The van der Waals surface area contributed by atoms with Gasteiger partial charge in [0, 0.05) is 101 Å². The number of hydrogen-bond acceptors (Lipinski definition) is 21.